The minimum absolute atomic E-state index is 0.00731. The van der Waals surface area contributed by atoms with E-state index in [0.717, 1.165) is 31.0 Å². The molecule has 0 aromatic carbocycles. The lowest BCUT2D eigenvalue weighted by molar-refractivity contribution is -0.143. The van der Waals surface area contributed by atoms with Crippen LogP contribution in [0.15, 0.2) is 0 Å². The van der Waals surface area contributed by atoms with Crippen molar-refractivity contribution < 1.29 is 9.53 Å². The lowest BCUT2D eigenvalue weighted by Crippen LogP contribution is -2.07. The molecule has 0 aromatic heterocycles. The molecule has 0 aliphatic carbocycles. The maximum Gasteiger partial charge on any atom is 0.309 e. The van der Waals surface area contributed by atoms with Crippen molar-refractivity contribution in [1.82, 2.24) is 0 Å². The normalized spacial score (nSPS) is 29.0. The molecule has 1 aliphatic rings. The summed E-state index contributed by atoms with van der Waals surface area (Å²) >= 11 is 3.32. The number of unbranched alkanes of at least 4 members (excludes halogenated alkanes) is 1. The van der Waals surface area contributed by atoms with E-state index >= 15 is 0 Å². The highest BCUT2D eigenvalue weighted by Gasteiger charge is 2.32. The minimum atomic E-state index is 0.00731. The number of ether oxygens (including phenoxy) is 1. The second-order valence-corrected chi connectivity index (χ2v) is 3.94. The quantitative estimate of drug-likeness (QED) is 0.552. The van der Waals surface area contributed by atoms with Gasteiger partial charge in [-0.2, -0.15) is 0 Å². The van der Waals surface area contributed by atoms with Gasteiger partial charge in [-0.3, -0.25) is 4.79 Å². The molecule has 0 aromatic rings. The molecule has 0 saturated carbocycles. The van der Waals surface area contributed by atoms with E-state index in [2.05, 4.69) is 22.9 Å². The van der Waals surface area contributed by atoms with E-state index in [-0.39, 0.29) is 18.0 Å². The molecule has 0 radical (unpaired) electrons. The Morgan fingerprint density at radius 1 is 1.67 bits per heavy atom. The summed E-state index contributed by atoms with van der Waals surface area (Å²) in [4.78, 5) is 11.2. The zero-order chi connectivity index (χ0) is 8.97. The van der Waals surface area contributed by atoms with Gasteiger partial charge in [-0.25, -0.2) is 0 Å². The molecule has 0 N–H and O–H groups in total. The molecule has 1 aliphatic heterocycles. The van der Waals surface area contributed by atoms with Crippen LogP contribution >= 0.6 is 15.9 Å². The van der Waals surface area contributed by atoms with Crippen LogP contribution in [0.1, 0.15) is 32.6 Å². The van der Waals surface area contributed by atoms with Crippen molar-refractivity contribution in [3.8, 4) is 0 Å². The fraction of sp³-hybridized carbons (Fsp3) is 0.889. The van der Waals surface area contributed by atoms with Gasteiger partial charge < -0.3 is 4.74 Å². The molecule has 3 heteroatoms. The largest absolute Gasteiger partial charge is 0.461 e. The standard InChI is InChI=1S/C9H15BrO2/c1-2-3-4-7-5-8(6-10)12-9(7)11/h7-8H,2-6H2,1H3. The van der Waals surface area contributed by atoms with Crippen LogP contribution in [0.25, 0.3) is 0 Å². The molecule has 1 heterocycles. The van der Waals surface area contributed by atoms with E-state index < -0.39 is 0 Å². The average Bonchev–Trinajstić information content (AvgIpc) is 2.43. The Morgan fingerprint density at radius 2 is 2.42 bits per heavy atom. The second-order valence-electron chi connectivity index (χ2n) is 3.29. The molecule has 2 atom stereocenters. The Hall–Kier alpha value is -0.0500. The van der Waals surface area contributed by atoms with Crippen molar-refractivity contribution in [3.05, 3.63) is 0 Å². The summed E-state index contributed by atoms with van der Waals surface area (Å²) in [5.74, 6) is 0.181. The maximum absolute atomic E-state index is 11.2. The predicted octanol–water partition coefficient (Wildman–Crippen LogP) is 2.50. The molecule has 2 nitrogen and oxygen atoms in total. The minimum Gasteiger partial charge on any atom is -0.461 e. The number of carbonyl (C=O) groups is 1. The number of carbonyl (C=O) groups excluding carboxylic acids is 1. The molecule has 0 bridgehead atoms. The monoisotopic (exact) mass is 234 g/mol. The van der Waals surface area contributed by atoms with Gasteiger partial charge in [0, 0.05) is 5.33 Å². The summed E-state index contributed by atoms with van der Waals surface area (Å²) in [6.45, 7) is 2.14. The molecular formula is C9H15BrO2. The van der Waals surface area contributed by atoms with E-state index in [1.165, 1.54) is 0 Å². The Bertz CT molecular complexity index is 159. The molecule has 1 fully saturated rings. The van der Waals surface area contributed by atoms with Crippen LogP contribution in [-0.4, -0.2) is 17.4 Å². The number of cyclic esters (lactones) is 1. The summed E-state index contributed by atoms with van der Waals surface area (Å²) in [6, 6.07) is 0. The third-order valence-electron chi connectivity index (χ3n) is 2.24. The number of hydrogen-bond donors (Lipinski definition) is 0. The fourth-order valence-corrected chi connectivity index (χ4v) is 1.90. The van der Waals surface area contributed by atoms with Crippen molar-refractivity contribution in [2.24, 2.45) is 5.92 Å². The first-order valence-electron chi connectivity index (χ1n) is 4.54. The van der Waals surface area contributed by atoms with Crippen LogP contribution in [0, 0.1) is 5.92 Å². The Morgan fingerprint density at radius 3 is 2.92 bits per heavy atom. The van der Waals surface area contributed by atoms with Gasteiger partial charge in [0.15, 0.2) is 0 Å². The van der Waals surface area contributed by atoms with Crippen molar-refractivity contribution >= 4 is 21.9 Å². The molecule has 0 amide bonds. The molecular weight excluding hydrogens is 220 g/mol. The van der Waals surface area contributed by atoms with Crippen LogP contribution in [0.2, 0.25) is 0 Å². The SMILES string of the molecule is CCCCC1CC(CBr)OC1=O. The third-order valence-corrected chi connectivity index (χ3v) is 2.96. The van der Waals surface area contributed by atoms with Gasteiger partial charge in [-0.15, -0.1) is 0 Å². The Labute approximate surface area is 81.8 Å². The van der Waals surface area contributed by atoms with Gasteiger partial charge in [-0.05, 0) is 12.8 Å². The lowest BCUT2D eigenvalue weighted by Gasteiger charge is -2.02. The van der Waals surface area contributed by atoms with Gasteiger partial charge in [-0.1, -0.05) is 35.7 Å². The van der Waals surface area contributed by atoms with E-state index in [0.29, 0.717) is 0 Å². The molecule has 1 rings (SSSR count). The lowest BCUT2D eigenvalue weighted by atomic mass is 9.99. The number of hydrogen-bond acceptors (Lipinski definition) is 2. The summed E-state index contributed by atoms with van der Waals surface area (Å²) < 4.78 is 5.13. The summed E-state index contributed by atoms with van der Waals surface area (Å²) in [5.41, 5.74) is 0. The van der Waals surface area contributed by atoms with E-state index in [9.17, 15) is 4.79 Å². The van der Waals surface area contributed by atoms with Gasteiger partial charge >= 0.3 is 5.97 Å². The highest BCUT2D eigenvalue weighted by Crippen LogP contribution is 2.26. The number of esters is 1. The summed E-state index contributed by atoms with van der Waals surface area (Å²) in [7, 11) is 0. The zero-order valence-corrected chi connectivity index (χ0v) is 8.97. The Kier molecular flexibility index (Phi) is 4.06. The average molecular weight is 235 g/mol. The van der Waals surface area contributed by atoms with Crippen molar-refractivity contribution in [2.75, 3.05) is 5.33 Å². The molecule has 70 valence electrons. The summed E-state index contributed by atoms with van der Waals surface area (Å²) in [6.07, 6.45) is 4.32. The highest BCUT2D eigenvalue weighted by molar-refractivity contribution is 9.09. The molecule has 1 saturated heterocycles. The smallest absolute Gasteiger partial charge is 0.309 e. The fourth-order valence-electron chi connectivity index (χ4n) is 1.50. The van der Waals surface area contributed by atoms with Gasteiger partial charge in [0.05, 0.1) is 5.92 Å². The first kappa shape index (κ1) is 10.0. The molecule has 0 spiro atoms. The van der Waals surface area contributed by atoms with E-state index in [4.69, 9.17) is 4.74 Å². The van der Waals surface area contributed by atoms with Gasteiger partial charge in [0.25, 0.3) is 0 Å². The molecule has 2 unspecified atom stereocenters. The van der Waals surface area contributed by atoms with Gasteiger partial charge in [0.2, 0.25) is 0 Å². The van der Waals surface area contributed by atoms with Crippen LogP contribution in [-0.2, 0) is 9.53 Å². The van der Waals surface area contributed by atoms with E-state index in [1.54, 1.807) is 0 Å². The second kappa shape index (κ2) is 4.85. The van der Waals surface area contributed by atoms with Crippen LogP contribution < -0.4 is 0 Å². The molecule has 12 heavy (non-hydrogen) atoms. The maximum atomic E-state index is 11.2. The first-order chi connectivity index (χ1) is 5.77. The van der Waals surface area contributed by atoms with Crippen LogP contribution in [0.3, 0.4) is 0 Å². The van der Waals surface area contributed by atoms with Crippen LogP contribution in [0.4, 0.5) is 0 Å². The van der Waals surface area contributed by atoms with Crippen LogP contribution in [0.5, 0.6) is 0 Å². The Balaban J connectivity index is 2.31. The highest BCUT2D eigenvalue weighted by atomic mass is 79.9. The summed E-state index contributed by atoms with van der Waals surface area (Å²) in [5, 5.41) is 0.779. The third kappa shape index (κ3) is 2.47. The van der Waals surface area contributed by atoms with E-state index in [1.807, 2.05) is 0 Å². The number of halogens is 1. The number of rotatable bonds is 4. The van der Waals surface area contributed by atoms with Crippen molar-refractivity contribution in [1.29, 1.82) is 0 Å². The predicted molar refractivity (Wildman–Crippen MR) is 51.3 cm³/mol. The first-order valence-corrected chi connectivity index (χ1v) is 5.66. The topological polar surface area (TPSA) is 26.3 Å². The van der Waals surface area contributed by atoms with Gasteiger partial charge in [0.1, 0.15) is 6.10 Å². The van der Waals surface area contributed by atoms with Crippen molar-refractivity contribution in [2.45, 2.75) is 38.7 Å². The number of alkyl halides is 1. The van der Waals surface area contributed by atoms with Crippen molar-refractivity contribution in [3.63, 3.8) is 0 Å². The zero-order valence-electron chi connectivity index (χ0n) is 7.38.